The van der Waals surface area contributed by atoms with Crippen molar-refractivity contribution in [1.82, 2.24) is 4.98 Å². The van der Waals surface area contributed by atoms with E-state index in [0.717, 1.165) is 34.5 Å². The molecule has 0 aliphatic rings. The maximum absolute atomic E-state index is 5.81. The second-order valence-corrected chi connectivity index (χ2v) is 4.01. The molecule has 17 heavy (non-hydrogen) atoms. The van der Waals surface area contributed by atoms with Gasteiger partial charge in [0.2, 0.25) is 0 Å². The SMILES string of the molecule is COCCNc1cc(C)nc2ccc(N)cc12. The van der Waals surface area contributed by atoms with Gasteiger partial charge in [-0.2, -0.15) is 0 Å². The molecular weight excluding hydrogens is 214 g/mol. The Labute approximate surface area is 101 Å². The van der Waals surface area contributed by atoms with Crippen LogP contribution in [-0.4, -0.2) is 25.2 Å². The molecule has 0 amide bonds. The van der Waals surface area contributed by atoms with Crippen LogP contribution >= 0.6 is 0 Å². The lowest BCUT2D eigenvalue weighted by atomic mass is 10.1. The number of nitrogens with one attached hydrogen (secondary N) is 1. The summed E-state index contributed by atoms with van der Waals surface area (Å²) in [5.41, 5.74) is 9.55. The van der Waals surface area contributed by atoms with Crippen molar-refractivity contribution in [3.8, 4) is 0 Å². The molecule has 0 fully saturated rings. The van der Waals surface area contributed by atoms with E-state index in [0.29, 0.717) is 6.61 Å². The van der Waals surface area contributed by atoms with Gasteiger partial charge >= 0.3 is 0 Å². The van der Waals surface area contributed by atoms with Gasteiger partial charge in [-0.25, -0.2) is 0 Å². The minimum absolute atomic E-state index is 0.672. The molecule has 90 valence electrons. The van der Waals surface area contributed by atoms with Crippen molar-refractivity contribution in [1.29, 1.82) is 0 Å². The predicted molar refractivity (Wildman–Crippen MR) is 71.3 cm³/mol. The third kappa shape index (κ3) is 2.65. The molecule has 0 saturated heterocycles. The van der Waals surface area contributed by atoms with E-state index in [4.69, 9.17) is 10.5 Å². The summed E-state index contributed by atoms with van der Waals surface area (Å²) in [5.74, 6) is 0. The van der Waals surface area contributed by atoms with Gasteiger partial charge < -0.3 is 15.8 Å². The number of hydrogen-bond acceptors (Lipinski definition) is 4. The Morgan fingerprint density at radius 1 is 1.35 bits per heavy atom. The topological polar surface area (TPSA) is 60.2 Å². The van der Waals surface area contributed by atoms with Gasteiger partial charge in [0.1, 0.15) is 0 Å². The number of nitrogen functional groups attached to an aromatic ring is 1. The monoisotopic (exact) mass is 231 g/mol. The quantitative estimate of drug-likeness (QED) is 0.625. The average Bonchev–Trinajstić information content (AvgIpc) is 2.30. The molecule has 2 rings (SSSR count). The zero-order valence-corrected chi connectivity index (χ0v) is 10.2. The van der Waals surface area contributed by atoms with Crippen LogP contribution in [0, 0.1) is 6.92 Å². The highest BCUT2D eigenvalue weighted by molar-refractivity contribution is 5.93. The standard InChI is InChI=1S/C13H17N3O/c1-9-7-13(15-5-6-17-2)11-8-10(14)3-4-12(11)16-9/h3-4,7-8H,5-6,14H2,1-2H3,(H,15,16). The van der Waals surface area contributed by atoms with Crippen molar-refractivity contribution in [2.24, 2.45) is 0 Å². The highest BCUT2D eigenvalue weighted by atomic mass is 16.5. The zero-order valence-electron chi connectivity index (χ0n) is 10.2. The van der Waals surface area contributed by atoms with Crippen LogP contribution in [0.1, 0.15) is 5.69 Å². The number of nitrogens with zero attached hydrogens (tertiary/aromatic N) is 1. The molecule has 1 aromatic heterocycles. The third-order valence-electron chi connectivity index (χ3n) is 2.58. The maximum Gasteiger partial charge on any atom is 0.0727 e. The summed E-state index contributed by atoms with van der Waals surface area (Å²) < 4.78 is 5.03. The van der Waals surface area contributed by atoms with E-state index in [2.05, 4.69) is 10.3 Å². The Kier molecular flexibility index (Phi) is 3.44. The lowest BCUT2D eigenvalue weighted by molar-refractivity contribution is 0.211. The summed E-state index contributed by atoms with van der Waals surface area (Å²) in [6.45, 7) is 3.42. The van der Waals surface area contributed by atoms with Gasteiger partial charge in [-0.15, -0.1) is 0 Å². The molecule has 0 saturated carbocycles. The van der Waals surface area contributed by atoms with Crippen LogP contribution in [0.3, 0.4) is 0 Å². The Balaban J connectivity index is 2.40. The van der Waals surface area contributed by atoms with Crippen molar-refractivity contribution in [3.63, 3.8) is 0 Å². The number of methoxy groups -OCH3 is 1. The first-order valence-corrected chi connectivity index (χ1v) is 5.60. The van der Waals surface area contributed by atoms with E-state index in [1.807, 2.05) is 31.2 Å². The normalized spacial score (nSPS) is 10.7. The van der Waals surface area contributed by atoms with Gasteiger partial charge in [0, 0.05) is 36.1 Å². The largest absolute Gasteiger partial charge is 0.399 e. The highest BCUT2D eigenvalue weighted by Crippen LogP contribution is 2.24. The Morgan fingerprint density at radius 2 is 2.18 bits per heavy atom. The van der Waals surface area contributed by atoms with Crippen LogP contribution in [0.2, 0.25) is 0 Å². The van der Waals surface area contributed by atoms with Crippen molar-refractivity contribution < 1.29 is 4.74 Å². The maximum atomic E-state index is 5.81. The number of hydrogen-bond donors (Lipinski definition) is 2. The van der Waals surface area contributed by atoms with E-state index < -0.39 is 0 Å². The van der Waals surface area contributed by atoms with Gasteiger partial charge in [0.25, 0.3) is 0 Å². The highest BCUT2D eigenvalue weighted by Gasteiger charge is 2.04. The molecule has 0 aliphatic heterocycles. The third-order valence-corrected chi connectivity index (χ3v) is 2.58. The summed E-state index contributed by atoms with van der Waals surface area (Å²) >= 11 is 0. The van der Waals surface area contributed by atoms with E-state index in [9.17, 15) is 0 Å². The number of rotatable bonds is 4. The Morgan fingerprint density at radius 3 is 2.94 bits per heavy atom. The Bertz CT molecular complexity index is 525. The second kappa shape index (κ2) is 5.01. The molecule has 3 N–H and O–H groups in total. The molecule has 1 heterocycles. The number of pyridine rings is 1. The summed E-state index contributed by atoms with van der Waals surface area (Å²) in [4.78, 5) is 4.48. The molecule has 4 nitrogen and oxygen atoms in total. The van der Waals surface area contributed by atoms with Gasteiger partial charge in [0.15, 0.2) is 0 Å². The van der Waals surface area contributed by atoms with Crippen LogP contribution in [0.4, 0.5) is 11.4 Å². The van der Waals surface area contributed by atoms with Crippen LogP contribution in [0.5, 0.6) is 0 Å². The summed E-state index contributed by atoms with van der Waals surface area (Å²) in [7, 11) is 1.69. The van der Waals surface area contributed by atoms with E-state index in [-0.39, 0.29) is 0 Å². The first kappa shape index (κ1) is 11.7. The average molecular weight is 231 g/mol. The first-order valence-electron chi connectivity index (χ1n) is 5.60. The minimum atomic E-state index is 0.672. The molecule has 0 bridgehead atoms. The van der Waals surface area contributed by atoms with E-state index in [1.165, 1.54) is 0 Å². The molecule has 0 unspecified atom stereocenters. The van der Waals surface area contributed by atoms with Gasteiger partial charge in [-0.1, -0.05) is 0 Å². The van der Waals surface area contributed by atoms with Crippen molar-refractivity contribution in [2.45, 2.75) is 6.92 Å². The number of anilines is 2. The molecule has 0 spiro atoms. The lowest BCUT2D eigenvalue weighted by Gasteiger charge is -2.10. The van der Waals surface area contributed by atoms with Gasteiger partial charge in [-0.3, -0.25) is 4.98 Å². The summed E-state index contributed by atoms with van der Waals surface area (Å²) in [6, 6.07) is 7.78. The number of ether oxygens (including phenoxy) is 1. The van der Waals surface area contributed by atoms with Crippen LogP contribution < -0.4 is 11.1 Å². The number of aryl methyl sites for hydroxylation is 1. The number of benzene rings is 1. The molecule has 1 aromatic carbocycles. The summed E-state index contributed by atoms with van der Waals surface area (Å²) in [6.07, 6.45) is 0. The number of nitrogens with two attached hydrogens (primary N) is 1. The fourth-order valence-corrected chi connectivity index (χ4v) is 1.81. The van der Waals surface area contributed by atoms with Gasteiger partial charge in [-0.05, 0) is 31.2 Å². The second-order valence-electron chi connectivity index (χ2n) is 4.01. The molecule has 4 heteroatoms. The number of aromatic nitrogens is 1. The molecular formula is C13H17N3O. The minimum Gasteiger partial charge on any atom is -0.399 e. The molecule has 2 aromatic rings. The smallest absolute Gasteiger partial charge is 0.0727 e. The van der Waals surface area contributed by atoms with E-state index >= 15 is 0 Å². The Hall–Kier alpha value is -1.81. The van der Waals surface area contributed by atoms with Gasteiger partial charge in [0.05, 0.1) is 12.1 Å². The van der Waals surface area contributed by atoms with E-state index in [1.54, 1.807) is 7.11 Å². The predicted octanol–water partition coefficient (Wildman–Crippen LogP) is 2.18. The van der Waals surface area contributed by atoms with Crippen LogP contribution in [0.15, 0.2) is 24.3 Å². The zero-order chi connectivity index (χ0) is 12.3. The van der Waals surface area contributed by atoms with Crippen LogP contribution in [-0.2, 0) is 4.74 Å². The fraction of sp³-hybridized carbons (Fsp3) is 0.308. The molecule has 0 atom stereocenters. The van der Waals surface area contributed by atoms with Crippen molar-refractivity contribution in [3.05, 3.63) is 30.0 Å². The fourth-order valence-electron chi connectivity index (χ4n) is 1.81. The number of fused-ring (bicyclic) bond motifs is 1. The van der Waals surface area contributed by atoms with Crippen LogP contribution in [0.25, 0.3) is 10.9 Å². The lowest BCUT2D eigenvalue weighted by Crippen LogP contribution is -2.08. The first-order chi connectivity index (χ1) is 8.20. The molecule has 0 radical (unpaired) electrons. The molecule has 0 aliphatic carbocycles. The summed E-state index contributed by atoms with van der Waals surface area (Å²) in [5, 5.41) is 4.38. The van der Waals surface area contributed by atoms with Crippen molar-refractivity contribution in [2.75, 3.05) is 31.3 Å². The van der Waals surface area contributed by atoms with Crippen molar-refractivity contribution >= 4 is 22.3 Å².